The van der Waals surface area contributed by atoms with Gasteiger partial charge in [-0.1, -0.05) is 18.2 Å². The number of benzene rings is 1. The summed E-state index contributed by atoms with van der Waals surface area (Å²) in [7, 11) is 1.99. The highest BCUT2D eigenvalue weighted by molar-refractivity contribution is 5.85. The molecule has 29 heavy (non-hydrogen) atoms. The van der Waals surface area contributed by atoms with Crippen molar-refractivity contribution in [2.75, 3.05) is 26.2 Å². The zero-order valence-electron chi connectivity index (χ0n) is 16.4. The molecule has 0 aliphatic carbocycles. The Bertz CT molecular complexity index is 924. The van der Waals surface area contributed by atoms with Crippen LogP contribution in [0, 0.1) is 0 Å². The van der Waals surface area contributed by atoms with E-state index in [-0.39, 0.29) is 24.4 Å². The first-order valence-corrected chi connectivity index (χ1v) is 9.48. The van der Waals surface area contributed by atoms with E-state index in [0.717, 1.165) is 36.7 Å². The lowest BCUT2D eigenvalue weighted by atomic mass is 10.1. The first kappa shape index (κ1) is 21.0. The molecular weight excluding hydrogens is 390 g/mol. The molecule has 3 aromatic rings. The van der Waals surface area contributed by atoms with E-state index in [2.05, 4.69) is 25.6 Å². The Labute approximate surface area is 176 Å². The maximum absolute atomic E-state index is 12.5. The Morgan fingerprint density at radius 3 is 2.90 bits per heavy atom. The third kappa shape index (κ3) is 5.03. The van der Waals surface area contributed by atoms with E-state index < -0.39 is 0 Å². The van der Waals surface area contributed by atoms with Crippen LogP contribution in [-0.2, 0) is 18.4 Å². The molecule has 4 rings (SSSR count). The van der Waals surface area contributed by atoms with Crippen LogP contribution in [0.5, 0.6) is 0 Å². The summed E-state index contributed by atoms with van der Waals surface area (Å²) in [5, 5.41) is 10.8. The summed E-state index contributed by atoms with van der Waals surface area (Å²) in [5.41, 5.74) is 1.97. The fourth-order valence-corrected chi connectivity index (χ4v) is 3.50. The van der Waals surface area contributed by atoms with E-state index in [9.17, 15) is 4.79 Å². The highest BCUT2D eigenvalue weighted by atomic mass is 35.5. The predicted octanol–water partition coefficient (Wildman–Crippen LogP) is 1.29. The number of carbonyl (C=O) groups is 1. The van der Waals surface area contributed by atoms with E-state index >= 15 is 0 Å². The van der Waals surface area contributed by atoms with Gasteiger partial charge in [0.25, 0.3) is 0 Å². The second kappa shape index (κ2) is 9.69. The summed E-state index contributed by atoms with van der Waals surface area (Å²) in [6.07, 6.45) is 7.46. The smallest absolute Gasteiger partial charge is 0.234 e. The number of hydrogen-bond acceptors (Lipinski definition) is 5. The van der Waals surface area contributed by atoms with Gasteiger partial charge < -0.3 is 15.2 Å². The van der Waals surface area contributed by atoms with Crippen LogP contribution in [0.1, 0.15) is 17.4 Å². The number of rotatable bonds is 6. The van der Waals surface area contributed by atoms with Crippen molar-refractivity contribution < 1.29 is 4.79 Å². The summed E-state index contributed by atoms with van der Waals surface area (Å²) in [4.78, 5) is 19.2. The molecule has 1 fully saturated rings. The van der Waals surface area contributed by atoms with Crippen molar-refractivity contribution in [2.24, 2.45) is 7.05 Å². The van der Waals surface area contributed by atoms with Gasteiger partial charge >= 0.3 is 0 Å². The number of amides is 1. The Balaban J connectivity index is 0.00000240. The minimum Gasteiger partial charge on any atom is -0.351 e. The maximum atomic E-state index is 12.5. The van der Waals surface area contributed by atoms with E-state index in [1.54, 1.807) is 12.4 Å². The van der Waals surface area contributed by atoms with Gasteiger partial charge in [-0.25, -0.2) is 9.67 Å². The van der Waals surface area contributed by atoms with E-state index in [1.165, 1.54) is 0 Å². The SMILES string of the molecule is Cl.Cn1ccnc1C1CNCCN1CC(=O)NCc1cnn(-c2ccccc2)c1. The van der Waals surface area contributed by atoms with Crippen LogP contribution in [0.4, 0.5) is 0 Å². The first-order chi connectivity index (χ1) is 13.7. The lowest BCUT2D eigenvalue weighted by molar-refractivity contribution is -0.123. The molecule has 154 valence electrons. The van der Waals surface area contributed by atoms with E-state index in [4.69, 9.17) is 0 Å². The third-order valence-electron chi connectivity index (χ3n) is 5.00. The molecule has 2 N–H and O–H groups in total. The molecule has 1 aliphatic heterocycles. The molecule has 1 saturated heterocycles. The number of para-hydroxylation sites is 1. The van der Waals surface area contributed by atoms with Gasteiger partial charge in [0.05, 0.1) is 24.5 Å². The Hall–Kier alpha value is -2.68. The third-order valence-corrected chi connectivity index (χ3v) is 5.00. The largest absolute Gasteiger partial charge is 0.351 e. The van der Waals surface area contributed by atoms with Gasteiger partial charge in [0.1, 0.15) is 5.82 Å². The van der Waals surface area contributed by atoms with Crippen molar-refractivity contribution >= 4 is 18.3 Å². The van der Waals surface area contributed by atoms with Crippen LogP contribution in [0.3, 0.4) is 0 Å². The second-order valence-corrected chi connectivity index (χ2v) is 6.99. The molecule has 1 amide bonds. The molecular formula is C20H26ClN7O. The summed E-state index contributed by atoms with van der Waals surface area (Å²) >= 11 is 0. The predicted molar refractivity (Wildman–Crippen MR) is 113 cm³/mol. The van der Waals surface area contributed by atoms with Crippen molar-refractivity contribution in [3.8, 4) is 5.69 Å². The van der Waals surface area contributed by atoms with Gasteiger partial charge in [-0.3, -0.25) is 9.69 Å². The fourth-order valence-electron chi connectivity index (χ4n) is 3.50. The topological polar surface area (TPSA) is 80.0 Å². The number of aromatic nitrogens is 4. The molecule has 1 atom stereocenters. The van der Waals surface area contributed by atoms with Crippen LogP contribution >= 0.6 is 12.4 Å². The lowest BCUT2D eigenvalue weighted by Gasteiger charge is -2.35. The van der Waals surface area contributed by atoms with Gasteiger partial charge in [-0.2, -0.15) is 5.10 Å². The Morgan fingerprint density at radius 2 is 2.14 bits per heavy atom. The highest BCUT2D eigenvalue weighted by Crippen LogP contribution is 2.19. The minimum atomic E-state index is 0. The summed E-state index contributed by atoms with van der Waals surface area (Å²) in [6.45, 7) is 3.30. The number of carbonyl (C=O) groups excluding carboxylic acids is 1. The zero-order chi connectivity index (χ0) is 19.3. The molecule has 1 aromatic carbocycles. The number of aryl methyl sites for hydroxylation is 1. The van der Waals surface area contributed by atoms with Gasteiger partial charge in [0.2, 0.25) is 5.91 Å². The molecule has 1 unspecified atom stereocenters. The van der Waals surface area contributed by atoms with Crippen LogP contribution in [0.2, 0.25) is 0 Å². The number of nitrogens with zero attached hydrogens (tertiary/aromatic N) is 5. The van der Waals surface area contributed by atoms with Gasteiger partial charge in [-0.15, -0.1) is 12.4 Å². The number of imidazole rings is 1. The maximum Gasteiger partial charge on any atom is 0.234 e. The fraction of sp³-hybridized carbons (Fsp3) is 0.350. The first-order valence-electron chi connectivity index (χ1n) is 9.48. The van der Waals surface area contributed by atoms with Crippen molar-refractivity contribution in [2.45, 2.75) is 12.6 Å². The van der Waals surface area contributed by atoms with Crippen LogP contribution < -0.4 is 10.6 Å². The Morgan fingerprint density at radius 1 is 1.31 bits per heavy atom. The average molecular weight is 416 g/mol. The van der Waals surface area contributed by atoms with Crippen molar-refractivity contribution in [1.29, 1.82) is 0 Å². The van der Waals surface area contributed by atoms with Crippen LogP contribution in [-0.4, -0.2) is 56.3 Å². The molecule has 1 aliphatic rings. The van der Waals surface area contributed by atoms with Gasteiger partial charge in [-0.05, 0) is 12.1 Å². The van der Waals surface area contributed by atoms with E-state index in [1.807, 2.05) is 59.0 Å². The van der Waals surface area contributed by atoms with Crippen molar-refractivity contribution in [3.63, 3.8) is 0 Å². The number of nitrogens with one attached hydrogen (secondary N) is 2. The van der Waals surface area contributed by atoms with Crippen molar-refractivity contribution in [3.05, 3.63) is 66.5 Å². The molecule has 2 aromatic heterocycles. The minimum absolute atomic E-state index is 0. The molecule has 0 saturated carbocycles. The second-order valence-electron chi connectivity index (χ2n) is 6.99. The quantitative estimate of drug-likeness (QED) is 0.634. The normalized spacial score (nSPS) is 16.9. The van der Waals surface area contributed by atoms with Crippen molar-refractivity contribution in [1.82, 2.24) is 34.9 Å². The zero-order valence-corrected chi connectivity index (χ0v) is 17.2. The molecule has 0 spiro atoms. The van der Waals surface area contributed by atoms with Crippen LogP contribution in [0.25, 0.3) is 5.69 Å². The molecule has 0 bridgehead atoms. The van der Waals surface area contributed by atoms with Crippen LogP contribution in [0.15, 0.2) is 55.1 Å². The monoisotopic (exact) mass is 415 g/mol. The lowest BCUT2D eigenvalue weighted by Crippen LogP contribution is -2.50. The molecule has 0 radical (unpaired) electrons. The highest BCUT2D eigenvalue weighted by Gasteiger charge is 2.28. The number of hydrogen-bond donors (Lipinski definition) is 2. The summed E-state index contributed by atoms with van der Waals surface area (Å²) < 4.78 is 3.83. The molecule has 8 nitrogen and oxygen atoms in total. The summed E-state index contributed by atoms with van der Waals surface area (Å²) in [5.74, 6) is 0.984. The van der Waals surface area contributed by atoms with Gasteiger partial charge in [0.15, 0.2) is 0 Å². The Kier molecular flexibility index (Phi) is 7.03. The van der Waals surface area contributed by atoms with E-state index in [0.29, 0.717) is 13.1 Å². The average Bonchev–Trinajstić information content (AvgIpc) is 3.37. The number of halogens is 1. The molecule has 3 heterocycles. The number of piperazine rings is 1. The summed E-state index contributed by atoms with van der Waals surface area (Å²) in [6, 6.07) is 10.0. The molecule has 9 heteroatoms. The standard InChI is InChI=1S/C20H25N7O.ClH/c1-25-9-8-22-20(25)18-13-21-7-10-26(18)15-19(28)23-11-16-12-24-27(14-16)17-5-3-2-4-6-17;/h2-6,8-9,12,14,18,21H,7,10-11,13,15H2,1H3,(H,23,28);1H. The van der Waals surface area contributed by atoms with Gasteiger partial charge in [0, 0.05) is 57.4 Å².